The average molecular weight is 466 g/mol. The van der Waals surface area contributed by atoms with E-state index in [0.29, 0.717) is 6.04 Å². The number of aromatic nitrogens is 2. The molecule has 0 spiro atoms. The van der Waals surface area contributed by atoms with Gasteiger partial charge >= 0.3 is 0 Å². The molecule has 0 radical (unpaired) electrons. The lowest BCUT2D eigenvalue weighted by atomic mass is 9.91. The highest BCUT2D eigenvalue weighted by atomic mass is 15.2. The smallest absolute Gasteiger partial charge is 0.140 e. The van der Waals surface area contributed by atoms with Crippen LogP contribution >= 0.6 is 0 Å². The predicted octanol–water partition coefficient (Wildman–Crippen LogP) is 5.34. The molecule has 5 heterocycles. The van der Waals surface area contributed by atoms with E-state index in [1.807, 2.05) is 12.3 Å². The Kier molecular flexibility index (Phi) is 5.09. The highest BCUT2D eigenvalue weighted by molar-refractivity contribution is 6.08. The van der Waals surface area contributed by atoms with E-state index in [2.05, 4.69) is 52.6 Å². The Morgan fingerprint density at radius 2 is 2.09 bits per heavy atom. The minimum Gasteiger partial charge on any atom is -0.370 e. The second-order valence-corrected chi connectivity index (χ2v) is 11.0. The lowest BCUT2D eigenvalue weighted by Crippen LogP contribution is -2.45. The Morgan fingerprint density at radius 3 is 2.94 bits per heavy atom. The number of aryl methyl sites for hydroxylation is 1. The van der Waals surface area contributed by atoms with Gasteiger partial charge in [0.2, 0.25) is 0 Å². The molecule has 7 rings (SSSR count). The number of hydrogen-bond acceptors (Lipinski definition) is 4. The molecule has 0 bridgehead atoms. The summed E-state index contributed by atoms with van der Waals surface area (Å²) < 4.78 is 2.43. The van der Waals surface area contributed by atoms with Crippen LogP contribution in [0.1, 0.15) is 55.0 Å². The quantitative estimate of drug-likeness (QED) is 0.534. The van der Waals surface area contributed by atoms with Crippen LogP contribution in [0.5, 0.6) is 0 Å². The maximum absolute atomic E-state index is 5.25. The van der Waals surface area contributed by atoms with E-state index in [1.165, 1.54) is 65.7 Å². The van der Waals surface area contributed by atoms with Gasteiger partial charge in [0.1, 0.15) is 5.65 Å². The van der Waals surface area contributed by atoms with E-state index < -0.39 is 0 Å². The van der Waals surface area contributed by atoms with Crippen LogP contribution in [0.4, 0.5) is 5.69 Å². The van der Waals surface area contributed by atoms with Gasteiger partial charge in [-0.05, 0) is 97.5 Å². The first-order valence-corrected chi connectivity index (χ1v) is 13.5. The number of nitrogens with zero attached hydrogens (tertiary/aromatic N) is 4. The van der Waals surface area contributed by atoms with Gasteiger partial charge in [0.05, 0.1) is 17.1 Å². The summed E-state index contributed by atoms with van der Waals surface area (Å²) in [7, 11) is 0. The molecule has 4 aliphatic rings. The summed E-state index contributed by atoms with van der Waals surface area (Å²) in [6.07, 6.45) is 9.10. The molecular formula is C30H35N5. The van der Waals surface area contributed by atoms with Crippen LogP contribution in [0.15, 0.2) is 48.1 Å². The van der Waals surface area contributed by atoms with E-state index in [-0.39, 0.29) is 0 Å². The van der Waals surface area contributed by atoms with Crippen molar-refractivity contribution in [3.8, 4) is 0 Å². The molecule has 1 saturated carbocycles. The topological polar surface area (TPSA) is 45.5 Å². The number of nitrogens with one attached hydrogen (secondary N) is 1. The molecule has 3 aliphatic heterocycles. The van der Waals surface area contributed by atoms with Gasteiger partial charge in [-0.1, -0.05) is 13.5 Å². The molecule has 2 atom stereocenters. The van der Waals surface area contributed by atoms with Gasteiger partial charge in [0.25, 0.3) is 0 Å². The molecule has 0 amide bonds. The monoisotopic (exact) mass is 465 g/mol. The molecule has 180 valence electrons. The Hall–Kier alpha value is -2.92. The number of pyridine rings is 1. The number of piperidine rings is 1. The number of hydrogen-bond donors (Lipinski definition) is 1. The Bertz CT molecular complexity index is 1340. The second-order valence-electron chi connectivity index (χ2n) is 11.0. The zero-order valence-corrected chi connectivity index (χ0v) is 20.8. The molecule has 1 N–H and O–H groups in total. The lowest BCUT2D eigenvalue weighted by Gasteiger charge is -2.37. The van der Waals surface area contributed by atoms with E-state index in [0.717, 1.165) is 61.3 Å². The van der Waals surface area contributed by atoms with E-state index in [1.54, 1.807) is 0 Å². The van der Waals surface area contributed by atoms with Crippen molar-refractivity contribution in [2.75, 3.05) is 19.6 Å². The summed E-state index contributed by atoms with van der Waals surface area (Å²) in [5, 5.41) is 4.92. The van der Waals surface area contributed by atoms with Crippen molar-refractivity contribution in [3.05, 3.63) is 65.5 Å². The van der Waals surface area contributed by atoms with E-state index in [9.17, 15) is 0 Å². The highest BCUT2D eigenvalue weighted by Gasteiger charge is 2.33. The highest BCUT2D eigenvalue weighted by Crippen LogP contribution is 2.39. The maximum Gasteiger partial charge on any atom is 0.140 e. The SMILES string of the molecule is C=C(c1cc(CC)c2c(c1)N=C(c1cc3cccnc3n1CC1CC1)C2)N1CCC2CCNC2C1. The van der Waals surface area contributed by atoms with Gasteiger partial charge in [0, 0.05) is 49.4 Å². The first-order valence-electron chi connectivity index (χ1n) is 13.5. The molecule has 2 unspecified atom stereocenters. The normalized spacial score (nSPS) is 23.5. The summed E-state index contributed by atoms with van der Waals surface area (Å²) in [5.41, 5.74) is 9.88. The Morgan fingerprint density at radius 1 is 1.17 bits per heavy atom. The van der Waals surface area contributed by atoms with Crippen molar-refractivity contribution >= 4 is 28.1 Å². The lowest BCUT2D eigenvalue weighted by molar-refractivity contribution is 0.231. The molecule has 35 heavy (non-hydrogen) atoms. The van der Waals surface area contributed by atoms with Crippen LogP contribution in [-0.4, -0.2) is 45.8 Å². The number of fused-ring (bicyclic) bond motifs is 3. The van der Waals surface area contributed by atoms with Gasteiger partial charge in [-0.15, -0.1) is 0 Å². The van der Waals surface area contributed by atoms with Gasteiger partial charge in [-0.2, -0.15) is 0 Å². The van der Waals surface area contributed by atoms with Gasteiger partial charge < -0.3 is 14.8 Å². The molecule has 2 aromatic heterocycles. The third kappa shape index (κ3) is 3.72. The average Bonchev–Trinajstić information content (AvgIpc) is 3.27. The fourth-order valence-corrected chi connectivity index (χ4v) is 6.53. The number of rotatable bonds is 6. The molecule has 3 aromatic rings. The zero-order chi connectivity index (χ0) is 23.5. The van der Waals surface area contributed by atoms with Crippen LogP contribution in [0, 0.1) is 11.8 Å². The first kappa shape index (κ1) is 21.4. The molecule has 3 fully saturated rings. The van der Waals surface area contributed by atoms with Crippen molar-refractivity contribution in [1.82, 2.24) is 19.8 Å². The standard InChI is InChI=1S/C30H35N5/c1-3-21-13-24(19(2)34-12-9-22-8-11-31-28(22)18-34)14-26-25(21)16-27(33-26)29-15-23-5-4-10-32-30(23)35(29)17-20-6-7-20/h4-5,10,13-15,20,22,28,31H,2-3,6-9,11-12,16-18H2,1H3. The Labute approximate surface area is 208 Å². The molecule has 5 nitrogen and oxygen atoms in total. The minimum absolute atomic E-state index is 0.618. The summed E-state index contributed by atoms with van der Waals surface area (Å²) in [6, 6.07) is 11.8. The molecule has 2 saturated heterocycles. The number of benzene rings is 1. The van der Waals surface area contributed by atoms with Gasteiger partial charge in [0.15, 0.2) is 0 Å². The zero-order valence-electron chi connectivity index (χ0n) is 20.8. The summed E-state index contributed by atoms with van der Waals surface area (Å²) in [4.78, 5) is 12.5. The molecule has 5 heteroatoms. The van der Waals surface area contributed by atoms with Crippen LogP contribution in [0.2, 0.25) is 0 Å². The maximum atomic E-state index is 5.25. The van der Waals surface area contributed by atoms with E-state index in [4.69, 9.17) is 9.98 Å². The van der Waals surface area contributed by atoms with Gasteiger partial charge in [-0.25, -0.2) is 4.98 Å². The van der Waals surface area contributed by atoms with Crippen molar-refractivity contribution in [2.24, 2.45) is 16.8 Å². The summed E-state index contributed by atoms with van der Waals surface area (Å²) in [5.74, 6) is 1.63. The van der Waals surface area contributed by atoms with Crippen LogP contribution in [-0.2, 0) is 19.4 Å². The van der Waals surface area contributed by atoms with Crippen LogP contribution in [0.3, 0.4) is 0 Å². The van der Waals surface area contributed by atoms with Crippen molar-refractivity contribution < 1.29 is 0 Å². The fourth-order valence-electron chi connectivity index (χ4n) is 6.53. The third-order valence-electron chi connectivity index (χ3n) is 8.78. The summed E-state index contributed by atoms with van der Waals surface area (Å²) in [6.45, 7) is 11.2. The molecular weight excluding hydrogens is 430 g/mol. The first-order chi connectivity index (χ1) is 17.2. The molecule has 1 aliphatic carbocycles. The predicted molar refractivity (Wildman–Crippen MR) is 143 cm³/mol. The number of likely N-dealkylation sites (tertiary alicyclic amines) is 1. The number of aliphatic imine (C=N–C) groups is 1. The van der Waals surface area contributed by atoms with E-state index >= 15 is 0 Å². The summed E-state index contributed by atoms with van der Waals surface area (Å²) >= 11 is 0. The third-order valence-corrected chi connectivity index (χ3v) is 8.78. The largest absolute Gasteiger partial charge is 0.370 e. The van der Waals surface area contributed by atoms with Crippen molar-refractivity contribution in [2.45, 2.75) is 58.0 Å². The van der Waals surface area contributed by atoms with Crippen molar-refractivity contribution in [3.63, 3.8) is 0 Å². The molecule has 1 aromatic carbocycles. The van der Waals surface area contributed by atoms with Gasteiger partial charge in [-0.3, -0.25) is 4.99 Å². The Balaban J connectivity index is 1.23. The van der Waals surface area contributed by atoms with Crippen LogP contribution < -0.4 is 5.32 Å². The van der Waals surface area contributed by atoms with Crippen molar-refractivity contribution in [1.29, 1.82) is 0 Å². The minimum atomic E-state index is 0.618. The fraction of sp³-hybridized carbons (Fsp3) is 0.467. The second kappa shape index (κ2) is 8.34. The van der Waals surface area contributed by atoms with Crippen LogP contribution in [0.25, 0.3) is 16.7 Å².